The fourth-order valence-corrected chi connectivity index (χ4v) is 3.87. The summed E-state index contributed by atoms with van der Waals surface area (Å²) in [5, 5.41) is 0. The van der Waals surface area contributed by atoms with E-state index in [2.05, 4.69) is 36.6 Å². The van der Waals surface area contributed by atoms with Crippen LogP contribution in [0.3, 0.4) is 0 Å². The van der Waals surface area contributed by atoms with E-state index >= 15 is 0 Å². The summed E-state index contributed by atoms with van der Waals surface area (Å²) in [6.07, 6.45) is 0. The Balaban J connectivity index is 2.49. The van der Waals surface area contributed by atoms with Gasteiger partial charge in [-0.25, -0.2) is 0 Å². The van der Waals surface area contributed by atoms with Crippen LogP contribution in [0.25, 0.3) is 0 Å². The summed E-state index contributed by atoms with van der Waals surface area (Å²) >= 11 is 3.64. The molecule has 0 aromatic heterocycles. The molecule has 0 aromatic carbocycles. The van der Waals surface area contributed by atoms with Crippen LogP contribution in [-0.4, -0.2) is 22.7 Å². The molecule has 4 heteroatoms. The van der Waals surface area contributed by atoms with Crippen LogP contribution in [-0.2, 0) is 0 Å². The van der Waals surface area contributed by atoms with Crippen LogP contribution in [0.5, 0.6) is 0 Å². The summed E-state index contributed by atoms with van der Waals surface area (Å²) in [6.45, 7) is 4.36. The van der Waals surface area contributed by atoms with Crippen LogP contribution in [0.15, 0.2) is 21.2 Å². The third-order valence-corrected chi connectivity index (χ3v) is 3.92. The summed E-state index contributed by atoms with van der Waals surface area (Å²) < 4.78 is 4.49. The van der Waals surface area contributed by atoms with Gasteiger partial charge in [0.1, 0.15) is 0 Å². The molecule has 2 aliphatic rings. The minimum Gasteiger partial charge on any atom is -0.313 e. The van der Waals surface area contributed by atoms with Gasteiger partial charge in [-0.1, -0.05) is 0 Å². The van der Waals surface area contributed by atoms with Crippen molar-refractivity contribution in [2.24, 2.45) is 0 Å². The van der Waals surface area contributed by atoms with Gasteiger partial charge in [0.2, 0.25) is 0 Å². The highest BCUT2D eigenvalue weighted by atomic mass is 32.2. The molecule has 0 fully saturated rings. The van der Waals surface area contributed by atoms with E-state index < -0.39 is 0 Å². The molecule has 0 radical (unpaired) electrons. The Bertz CT molecular complexity index is 263. The fourth-order valence-electron chi connectivity index (χ4n) is 1.66. The minimum atomic E-state index is 1.39. The van der Waals surface area contributed by atoms with Crippen molar-refractivity contribution >= 4 is 23.9 Å². The van der Waals surface area contributed by atoms with Crippen LogP contribution < -0.4 is 0 Å². The molecule has 0 atom stereocenters. The first kappa shape index (κ1) is 8.38. The van der Waals surface area contributed by atoms with Crippen LogP contribution in [0.4, 0.5) is 0 Å². The zero-order valence-electron chi connectivity index (χ0n) is 7.71. The lowest BCUT2D eigenvalue weighted by molar-refractivity contribution is 0.653. The van der Waals surface area contributed by atoms with Crippen LogP contribution >= 0.6 is 23.9 Å². The van der Waals surface area contributed by atoms with E-state index in [1.165, 1.54) is 21.2 Å². The zero-order valence-corrected chi connectivity index (χ0v) is 9.34. The Morgan fingerprint density at radius 3 is 1.50 bits per heavy atom. The summed E-state index contributed by atoms with van der Waals surface area (Å²) in [5.74, 6) is 0. The topological polar surface area (TPSA) is 6.48 Å². The molecule has 0 aromatic rings. The number of allylic oxidation sites excluding steroid dienone is 2. The number of hydrogen-bond donors (Lipinski definition) is 0. The van der Waals surface area contributed by atoms with Crippen molar-refractivity contribution in [2.45, 2.75) is 13.8 Å². The Morgan fingerprint density at radius 2 is 1.17 bits per heavy atom. The predicted octanol–water partition coefficient (Wildman–Crippen LogP) is 2.64. The first-order valence-corrected chi connectivity index (χ1v) is 5.41. The lowest BCUT2D eigenvalue weighted by Gasteiger charge is -2.11. The second-order valence-electron chi connectivity index (χ2n) is 2.99. The van der Waals surface area contributed by atoms with Crippen LogP contribution in [0, 0.1) is 0 Å². The maximum Gasteiger partial charge on any atom is 0.0832 e. The molecule has 2 rings (SSSR count). The molecule has 12 heavy (non-hydrogen) atoms. The van der Waals surface area contributed by atoms with E-state index in [-0.39, 0.29) is 0 Å². The quantitative estimate of drug-likeness (QED) is 0.554. The van der Waals surface area contributed by atoms with E-state index in [4.69, 9.17) is 0 Å². The number of fused-ring (bicyclic) bond motifs is 1. The normalized spacial score (nSPS) is 23.0. The van der Waals surface area contributed by atoms with Gasteiger partial charge in [0.15, 0.2) is 0 Å². The molecule has 66 valence electrons. The van der Waals surface area contributed by atoms with E-state index in [0.717, 1.165) is 0 Å². The van der Waals surface area contributed by atoms with E-state index in [1.807, 2.05) is 23.9 Å². The van der Waals surface area contributed by atoms with Crippen molar-refractivity contribution in [1.82, 2.24) is 8.61 Å². The summed E-state index contributed by atoms with van der Waals surface area (Å²) in [6, 6.07) is 0. The summed E-state index contributed by atoms with van der Waals surface area (Å²) in [7, 11) is 4.25. The molecule has 2 heterocycles. The van der Waals surface area contributed by atoms with E-state index in [0.29, 0.717) is 0 Å². The highest BCUT2D eigenvalue weighted by molar-refractivity contribution is 8.03. The molecule has 0 unspecified atom stereocenters. The van der Waals surface area contributed by atoms with E-state index in [9.17, 15) is 0 Å². The highest BCUT2D eigenvalue weighted by Gasteiger charge is 2.33. The molecule has 0 saturated heterocycles. The van der Waals surface area contributed by atoms with Crippen molar-refractivity contribution < 1.29 is 0 Å². The average Bonchev–Trinajstić information content (AvgIpc) is 2.38. The Morgan fingerprint density at radius 1 is 0.833 bits per heavy atom. The van der Waals surface area contributed by atoms with Crippen LogP contribution in [0.2, 0.25) is 0 Å². The van der Waals surface area contributed by atoms with Crippen molar-refractivity contribution in [2.75, 3.05) is 14.1 Å². The van der Waals surface area contributed by atoms with Crippen molar-refractivity contribution in [3.63, 3.8) is 0 Å². The minimum absolute atomic E-state index is 1.39. The number of nitrogens with zero attached hydrogens (tertiary/aromatic N) is 2. The maximum absolute atomic E-state index is 2.25. The van der Waals surface area contributed by atoms with Gasteiger partial charge in [-0.2, -0.15) is 0 Å². The standard InChI is InChI=1S/C8H12N2S2/c1-5-7-8(10(4)11-5)6(2)12-9(7)3/h1-4H3. The molecular formula is C8H12N2S2. The summed E-state index contributed by atoms with van der Waals surface area (Å²) in [4.78, 5) is 2.80. The van der Waals surface area contributed by atoms with Crippen molar-refractivity contribution in [1.29, 1.82) is 0 Å². The molecule has 0 amide bonds. The van der Waals surface area contributed by atoms with Crippen molar-refractivity contribution in [3.8, 4) is 0 Å². The van der Waals surface area contributed by atoms with E-state index in [1.54, 1.807) is 0 Å². The zero-order chi connectivity index (χ0) is 8.88. The summed E-state index contributed by atoms with van der Waals surface area (Å²) in [5.41, 5.74) is 2.79. The third kappa shape index (κ3) is 0.977. The highest BCUT2D eigenvalue weighted by Crippen LogP contribution is 2.50. The molecule has 0 spiro atoms. The molecule has 0 saturated carbocycles. The van der Waals surface area contributed by atoms with Crippen molar-refractivity contribution in [3.05, 3.63) is 21.2 Å². The Hall–Kier alpha value is -0.220. The molecule has 0 aliphatic carbocycles. The largest absolute Gasteiger partial charge is 0.313 e. The SMILES string of the molecule is CC1=C2C(=C(C)SN2C)N(C)S1. The third-order valence-electron chi connectivity index (χ3n) is 2.07. The first-order chi connectivity index (χ1) is 5.61. The van der Waals surface area contributed by atoms with Gasteiger partial charge in [-0.15, -0.1) is 0 Å². The number of likely N-dealkylation sites (N-methyl/N-ethyl adjacent to an activating group) is 2. The average molecular weight is 200 g/mol. The monoisotopic (exact) mass is 200 g/mol. The van der Waals surface area contributed by atoms with Gasteiger partial charge in [0, 0.05) is 23.9 Å². The van der Waals surface area contributed by atoms with Gasteiger partial charge in [0.05, 0.1) is 11.4 Å². The molecule has 0 N–H and O–H groups in total. The number of rotatable bonds is 0. The first-order valence-electron chi connectivity index (χ1n) is 3.87. The molecular weight excluding hydrogens is 188 g/mol. The molecule has 0 bridgehead atoms. The van der Waals surface area contributed by atoms with Gasteiger partial charge in [0.25, 0.3) is 0 Å². The lowest BCUT2D eigenvalue weighted by Crippen LogP contribution is -2.07. The van der Waals surface area contributed by atoms with Gasteiger partial charge in [-0.3, -0.25) is 0 Å². The number of hydrogen-bond acceptors (Lipinski definition) is 4. The second kappa shape index (κ2) is 2.64. The van der Waals surface area contributed by atoms with Gasteiger partial charge < -0.3 is 8.61 Å². The maximum atomic E-state index is 2.25. The lowest BCUT2D eigenvalue weighted by atomic mass is 10.3. The van der Waals surface area contributed by atoms with Gasteiger partial charge in [-0.05, 0) is 37.7 Å². The fraction of sp³-hybridized carbons (Fsp3) is 0.500. The molecule has 2 nitrogen and oxygen atoms in total. The smallest absolute Gasteiger partial charge is 0.0832 e. The predicted molar refractivity (Wildman–Crippen MR) is 56.1 cm³/mol. The molecule has 2 aliphatic heterocycles. The second-order valence-corrected chi connectivity index (χ2v) is 5.67. The Kier molecular flexibility index (Phi) is 1.84. The van der Waals surface area contributed by atoms with Crippen LogP contribution in [0.1, 0.15) is 13.8 Å². The Labute approximate surface area is 81.9 Å². The van der Waals surface area contributed by atoms with Gasteiger partial charge >= 0.3 is 0 Å².